The Morgan fingerprint density at radius 3 is 2.26 bits per heavy atom. The Kier molecular flexibility index (Phi) is 6.65. The lowest BCUT2D eigenvalue weighted by molar-refractivity contribution is -0.119. The van der Waals surface area contributed by atoms with Crippen LogP contribution in [0.25, 0.3) is 0 Å². The molecule has 3 aromatic rings. The van der Waals surface area contributed by atoms with Gasteiger partial charge in [-0.05, 0) is 50.6 Å². The lowest BCUT2D eigenvalue weighted by atomic mass is 10.2. The van der Waals surface area contributed by atoms with Crippen molar-refractivity contribution in [3.63, 3.8) is 0 Å². The highest BCUT2D eigenvalue weighted by Crippen LogP contribution is 2.27. The topological polar surface area (TPSA) is 104 Å². The number of ether oxygens (including phenoxy) is 1. The number of anilines is 1. The molecule has 0 aliphatic rings. The van der Waals surface area contributed by atoms with E-state index in [0.717, 1.165) is 21.2 Å². The van der Waals surface area contributed by atoms with Crippen molar-refractivity contribution >= 4 is 21.6 Å². The van der Waals surface area contributed by atoms with E-state index in [1.54, 1.807) is 45.2 Å². The average Bonchev–Trinajstić information content (AvgIpc) is 3.10. The highest BCUT2D eigenvalue weighted by Gasteiger charge is 2.31. The van der Waals surface area contributed by atoms with Gasteiger partial charge in [-0.3, -0.25) is 14.2 Å². The summed E-state index contributed by atoms with van der Waals surface area (Å²) < 4.78 is 33.2. The summed E-state index contributed by atoms with van der Waals surface area (Å²) in [6.07, 6.45) is 0. The zero-order valence-electron chi connectivity index (χ0n) is 18.0. The quantitative estimate of drug-likeness (QED) is 0.558. The van der Waals surface area contributed by atoms with Gasteiger partial charge in [0.25, 0.3) is 10.0 Å². The Bertz CT molecular complexity index is 1130. The van der Waals surface area contributed by atoms with E-state index in [-0.39, 0.29) is 18.0 Å². The molecule has 0 bridgehead atoms. The van der Waals surface area contributed by atoms with Crippen LogP contribution in [0.4, 0.5) is 5.69 Å². The second-order valence-corrected chi connectivity index (χ2v) is 9.03. The minimum atomic E-state index is -4.01. The molecule has 1 heterocycles. The number of hydrogen-bond acceptors (Lipinski definition) is 5. The van der Waals surface area contributed by atoms with Crippen molar-refractivity contribution in [1.29, 1.82) is 0 Å². The zero-order chi connectivity index (χ0) is 22.6. The monoisotopic (exact) mass is 442 g/mol. The van der Waals surface area contributed by atoms with Gasteiger partial charge < -0.3 is 10.1 Å². The number of carbonyl (C=O) groups excluding carboxylic acids is 1. The van der Waals surface area contributed by atoms with Crippen molar-refractivity contribution < 1.29 is 17.9 Å². The number of aromatic nitrogens is 2. The lowest BCUT2D eigenvalue weighted by Gasteiger charge is -2.24. The second kappa shape index (κ2) is 9.22. The summed E-state index contributed by atoms with van der Waals surface area (Å²) >= 11 is 0. The van der Waals surface area contributed by atoms with Crippen molar-refractivity contribution in [2.75, 3.05) is 18.0 Å². The second-order valence-electron chi connectivity index (χ2n) is 7.24. The molecular formula is C22H26N4O4S. The van der Waals surface area contributed by atoms with E-state index in [1.807, 2.05) is 31.2 Å². The largest absolute Gasteiger partial charge is 0.497 e. The summed E-state index contributed by atoms with van der Waals surface area (Å²) in [6, 6.07) is 14.3. The summed E-state index contributed by atoms with van der Waals surface area (Å²) in [6.45, 7) is 5.09. The third-order valence-corrected chi connectivity index (χ3v) is 6.90. The maximum absolute atomic E-state index is 13.5. The maximum atomic E-state index is 13.5. The van der Waals surface area contributed by atoms with Gasteiger partial charge in [-0.2, -0.15) is 5.10 Å². The number of sulfonamides is 1. The summed E-state index contributed by atoms with van der Waals surface area (Å²) in [5.41, 5.74) is 3.05. The summed E-state index contributed by atoms with van der Waals surface area (Å²) in [5.74, 6) is 0.302. The van der Waals surface area contributed by atoms with Crippen molar-refractivity contribution in [1.82, 2.24) is 15.5 Å². The average molecular weight is 443 g/mol. The molecule has 2 aromatic carbocycles. The van der Waals surface area contributed by atoms with Gasteiger partial charge in [0.1, 0.15) is 17.2 Å². The van der Waals surface area contributed by atoms with Crippen LogP contribution < -0.4 is 14.4 Å². The van der Waals surface area contributed by atoms with E-state index < -0.39 is 15.9 Å². The SMILES string of the molecule is COc1ccc(CNC(=O)CN(c2ccc(C)cc2)S(=O)(=O)c2c(C)n[nH]c2C)cc1. The number of carbonyl (C=O) groups is 1. The van der Waals surface area contributed by atoms with Gasteiger partial charge in [0, 0.05) is 6.54 Å². The molecule has 3 rings (SSSR count). The number of methoxy groups -OCH3 is 1. The third-order valence-electron chi connectivity index (χ3n) is 4.87. The summed E-state index contributed by atoms with van der Waals surface area (Å²) in [4.78, 5) is 12.8. The molecule has 0 unspecified atom stereocenters. The number of hydrogen-bond donors (Lipinski definition) is 2. The first-order valence-electron chi connectivity index (χ1n) is 9.73. The first-order chi connectivity index (χ1) is 14.7. The molecule has 0 spiro atoms. The fourth-order valence-corrected chi connectivity index (χ4v) is 4.95. The van der Waals surface area contributed by atoms with Gasteiger partial charge in [-0.15, -0.1) is 0 Å². The van der Waals surface area contributed by atoms with Crippen LogP contribution in [0.2, 0.25) is 0 Å². The first-order valence-corrected chi connectivity index (χ1v) is 11.2. The minimum Gasteiger partial charge on any atom is -0.497 e. The molecule has 0 aliphatic heterocycles. The highest BCUT2D eigenvalue weighted by atomic mass is 32.2. The molecular weight excluding hydrogens is 416 g/mol. The first kappa shape index (κ1) is 22.4. The van der Waals surface area contributed by atoms with Crippen molar-refractivity contribution in [3.8, 4) is 5.75 Å². The number of H-pyrrole nitrogens is 1. The molecule has 0 saturated carbocycles. The van der Waals surface area contributed by atoms with E-state index in [4.69, 9.17) is 4.74 Å². The van der Waals surface area contributed by atoms with E-state index in [1.165, 1.54) is 0 Å². The van der Waals surface area contributed by atoms with E-state index >= 15 is 0 Å². The van der Waals surface area contributed by atoms with Crippen molar-refractivity contribution in [2.45, 2.75) is 32.2 Å². The molecule has 9 heteroatoms. The Morgan fingerprint density at radius 2 is 1.71 bits per heavy atom. The smallest absolute Gasteiger partial charge is 0.268 e. The predicted octanol–water partition coefficient (Wildman–Crippen LogP) is 2.86. The van der Waals surface area contributed by atoms with Crippen LogP contribution in [0, 0.1) is 20.8 Å². The maximum Gasteiger partial charge on any atom is 0.268 e. The Morgan fingerprint density at radius 1 is 1.06 bits per heavy atom. The Hall–Kier alpha value is -3.33. The molecule has 0 radical (unpaired) electrons. The molecule has 0 fully saturated rings. The minimum absolute atomic E-state index is 0.0797. The van der Waals surface area contributed by atoms with Gasteiger partial charge in [-0.1, -0.05) is 29.8 Å². The van der Waals surface area contributed by atoms with Gasteiger partial charge in [0.05, 0.1) is 24.2 Å². The normalized spacial score (nSPS) is 11.2. The fraction of sp³-hybridized carbons (Fsp3) is 0.273. The number of nitrogens with zero attached hydrogens (tertiary/aromatic N) is 2. The number of benzene rings is 2. The van der Waals surface area contributed by atoms with Crippen LogP contribution >= 0.6 is 0 Å². The van der Waals surface area contributed by atoms with E-state index in [0.29, 0.717) is 17.1 Å². The zero-order valence-corrected chi connectivity index (χ0v) is 18.8. The fourth-order valence-electron chi connectivity index (χ4n) is 3.19. The van der Waals surface area contributed by atoms with Gasteiger partial charge in [-0.25, -0.2) is 8.42 Å². The number of aromatic amines is 1. The molecule has 0 saturated heterocycles. The molecule has 2 N–H and O–H groups in total. The van der Waals surface area contributed by atoms with Crippen LogP contribution in [0.15, 0.2) is 53.4 Å². The number of nitrogens with one attached hydrogen (secondary N) is 2. The van der Waals surface area contributed by atoms with Gasteiger partial charge >= 0.3 is 0 Å². The summed E-state index contributed by atoms with van der Waals surface area (Å²) in [7, 11) is -2.43. The van der Waals surface area contributed by atoms with Crippen LogP contribution in [0.3, 0.4) is 0 Å². The van der Waals surface area contributed by atoms with Gasteiger partial charge in [0.2, 0.25) is 5.91 Å². The van der Waals surface area contributed by atoms with Crippen molar-refractivity contribution in [2.24, 2.45) is 0 Å². The molecule has 164 valence electrons. The van der Waals surface area contributed by atoms with Crippen molar-refractivity contribution in [3.05, 3.63) is 71.0 Å². The van der Waals surface area contributed by atoms with Crippen LogP contribution in [0.5, 0.6) is 5.75 Å². The third kappa shape index (κ3) is 5.05. The number of aryl methyl sites for hydroxylation is 3. The molecule has 0 aliphatic carbocycles. The number of amides is 1. The predicted molar refractivity (Wildman–Crippen MR) is 119 cm³/mol. The molecule has 1 aromatic heterocycles. The number of rotatable bonds is 8. The molecule has 0 atom stereocenters. The summed E-state index contributed by atoms with van der Waals surface area (Å²) in [5, 5.41) is 9.49. The Labute approximate surface area is 182 Å². The van der Waals surface area contributed by atoms with E-state index in [2.05, 4.69) is 15.5 Å². The standard InChI is InChI=1S/C22H26N4O4S/c1-15-5-9-19(10-6-15)26(31(28,29)22-16(2)24-25-17(22)3)14-21(27)23-13-18-7-11-20(30-4)12-8-18/h5-12H,13-14H2,1-4H3,(H,23,27)(H,24,25). The van der Waals surface area contributed by atoms with Crippen LogP contribution in [-0.4, -0.2) is 38.2 Å². The van der Waals surface area contributed by atoms with Crippen LogP contribution in [-0.2, 0) is 21.4 Å². The van der Waals surface area contributed by atoms with Crippen LogP contribution in [0.1, 0.15) is 22.5 Å². The van der Waals surface area contributed by atoms with E-state index in [9.17, 15) is 13.2 Å². The molecule has 8 nitrogen and oxygen atoms in total. The molecule has 1 amide bonds. The Balaban J connectivity index is 1.84. The lowest BCUT2D eigenvalue weighted by Crippen LogP contribution is -2.41. The highest BCUT2D eigenvalue weighted by molar-refractivity contribution is 7.93. The van der Waals surface area contributed by atoms with Gasteiger partial charge in [0.15, 0.2) is 0 Å². The molecule has 31 heavy (non-hydrogen) atoms.